The molecule has 0 aliphatic rings. The molecule has 0 aromatic carbocycles. The number of hydrogen-bond donors (Lipinski definition) is 2. The van der Waals surface area contributed by atoms with Crippen molar-refractivity contribution in [2.24, 2.45) is 11.7 Å². The van der Waals surface area contributed by atoms with Gasteiger partial charge >= 0.3 is 0 Å². The lowest BCUT2D eigenvalue weighted by Gasteiger charge is -2.26. The molecule has 4 nitrogen and oxygen atoms in total. The molecule has 0 saturated heterocycles. The summed E-state index contributed by atoms with van der Waals surface area (Å²) in [4.78, 5) is 4.62. The highest BCUT2D eigenvalue weighted by atomic mass is 16.3. The molecule has 4 heteroatoms. The summed E-state index contributed by atoms with van der Waals surface area (Å²) in [5.41, 5.74) is 5.72. The third kappa shape index (κ3) is 9.09. The standard InChI is InChI=1S/C12H29N3O/c1-11(2)9-15(8-7-14(3)4)6-5-12(13)10-16/h11-12,16H,5-10,13H2,1-4H3. The fraction of sp³-hybridized carbons (Fsp3) is 1.00. The summed E-state index contributed by atoms with van der Waals surface area (Å²) in [7, 11) is 4.18. The van der Waals surface area contributed by atoms with Crippen LogP contribution in [0.25, 0.3) is 0 Å². The van der Waals surface area contributed by atoms with Crippen LogP contribution >= 0.6 is 0 Å². The van der Waals surface area contributed by atoms with Gasteiger partial charge in [0.15, 0.2) is 0 Å². The fourth-order valence-electron chi connectivity index (χ4n) is 1.59. The Kier molecular flexibility index (Phi) is 8.84. The highest BCUT2D eigenvalue weighted by Gasteiger charge is 2.09. The Morgan fingerprint density at radius 2 is 1.75 bits per heavy atom. The first kappa shape index (κ1) is 15.8. The SMILES string of the molecule is CC(C)CN(CCC(N)CO)CCN(C)C. The second-order valence-electron chi connectivity index (χ2n) is 5.23. The Labute approximate surface area is 100 Å². The lowest BCUT2D eigenvalue weighted by atomic mass is 10.1. The zero-order valence-electron chi connectivity index (χ0n) is 11.3. The summed E-state index contributed by atoms with van der Waals surface area (Å²) in [6.45, 7) is 8.77. The molecule has 0 fully saturated rings. The molecule has 0 saturated carbocycles. The maximum atomic E-state index is 8.90. The third-order valence-electron chi connectivity index (χ3n) is 2.54. The molecule has 0 rings (SSSR count). The van der Waals surface area contributed by atoms with Crippen LogP contribution in [0, 0.1) is 5.92 Å². The van der Waals surface area contributed by atoms with Gasteiger partial charge in [0.25, 0.3) is 0 Å². The van der Waals surface area contributed by atoms with Crippen molar-refractivity contribution < 1.29 is 5.11 Å². The Hall–Kier alpha value is -0.160. The molecule has 1 atom stereocenters. The van der Waals surface area contributed by atoms with Gasteiger partial charge in [-0.15, -0.1) is 0 Å². The van der Waals surface area contributed by atoms with Crippen LogP contribution in [0.15, 0.2) is 0 Å². The second kappa shape index (κ2) is 8.93. The van der Waals surface area contributed by atoms with Crippen molar-refractivity contribution >= 4 is 0 Å². The quantitative estimate of drug-likeness (QED) is 0.596. The van der Waals surface area contributed by atoms with E-state index in [-0.39, 0.29) is 12.6 Å². The van der Waals surface area contributed by atoms with Gasteiger partial charge in [-0.25, -0.2) is 0 Å². The highest BCUT2D eigenvalue weighted by Crippen LogP contribution is 2.01. The number of aliphatic hydroxyl groups excluding tert-OH is 1. The lowest BCUT2D eigenvalue weighted by molar-refractivity contribution is 0.196. The van der Waals surface area contributed by atoms with Crippen molar-refractivity contribution in [3.05, 3.63) is 0 Å². The molecule has 0 aliphatic heterocycles. The van der Waals surface area contributed by atoms with E-state index in [1.165, 1.54) is 0 Å². The minimum atomic E-state index is -0.0750. The summed E-state index contributed by atoms with van der Waals surface area (Å²) >= 11 is 0. The van der Waals surface area contributed by atoms with Gasteiger partial charge in [0, 0.05) is 25.7 Å². The van der Waals surface area contributed by atoms with Crippen molar-refractivity contribution in [3.8, 4) is 0 Å². The minimum absolute atomic E-state index is 0.0750. The van der Waals surface area contributed by atoms with Gasteiger partial charge in [-0.2, -0.15) is 0 Å². The predicted octanol–water partition coefficient (Wildman–Crippen LogP) is 0.216. The van der Waals surface area contributed by atoms with E-state index >= 15 is 0 Å². The molecule has 0 amide bonds. The Bertz CT molecular complexity index is 162. The van der Waals surface area contributed by atoms with Crippen LogP contribution in [-0.2, 0) is 0 Å². The average molecular weight is 231 g/mol. The number of aliphatic hydroxyl groups is 1. The molecule has 0 aromatic rings. The average Bonchev–Trinajstić information content (AvgIpc) is 2.20. The zero-order valence-corrected chi connectivity index (χ0v) is 11.3. The van der Waals surface area contributed by atoms with Crippen LogP contribution in [0.4, 0.5) is 0 Å². The topological polar surface area (TPSA) is 52.7 Å². The maximum Gasteiger partial charge on any atom is 0.0583 e. The van der Waals surface area contributed by atoms with Crippen LogP contribution in [0.5, 0.6) is 0 Å². The molecule has 0 radical (unpaired) electrons. The molecular formula is C12H29N3O. The summed E-state index contributed by atoms with van der Waals surface area (Å²) < 4.78 is 0. The predicted molar refractivity (Wildman–Crippen MR) is 69.5 cm³/mol. The molecule has 0 aliphatic carbocycles. The molecular weight excluding hydrogens is 202 g/mol. The van der Waals surface area contributed by atoms with Crippen LogP contribution in [0.1, 0.15) is 20.3 Å². The molecule has 0 heterocycles. The number of rotatable bonds is 9. The van der Waals surface area contributed by atoms with Gasteiger partial charge in [0.2, 0.25) is 0 Å². The Balaban J connectivity index is 3.89. The van der Waals surface area contributed by atoms with Gasteiger partial charge in [-0.1, -0.05) is 13.8 Å². The van der Waals surface area contributed by atoms with Gasteiger partial charge in [-0.05, 0) is 33.0 Å². The van der Waals surface area contributed by atoms with Crippen molar-refractivity contribution in [2.75, 3.05) is 46.9 Å². The second-order valence-corrected chi connectivity index (χ2v) is 5.23. The molecule has 3 N–H and O–H groups in total. The van der Waals surface area contributed by atoms with Crippen molar-refractivity contribution in [3.63, 3.8) is 0 Å². The monoisotopic (exact) mass is 231 g/mol. The van der Waals surface area contributed by atoms with Gasteiger partial charge in [0.05, 0.1) is 6.61 Å². The largest absolute Gasteiger partial charge is 0.395 e. The van der Waals surface area contributed by atoms with Crippen LogP contribution < -0.4 is 5.73 Å². The maximum absolute atomic E-state index is 8.90. The van der Waals surface area contributed by atoms with E-state index in [1.807, 2.05) is 0 Å². The third-order valence-corrected chi connectivity index (χ3v) is 2.54. The van der Waals surface area contributed by atoms with E-state index in [0.29, 0.717) is 5.92 Å². The molecule has 98 valence electrons. The Morgan fingerprint density at radius 3 is 2.19 bits per heavy atom. The number of hydrogen-bond acceptors (Lipinski definition) is 4. The first-order valence-corrected chi connectivity index (χ1v) is 6.19. The van der Waals surface area contributed by atoms with E-state index in [4.69, 9.17) is 10.8 Å². The smallest absolute Gasteiger partial charge is 0.0583 e. The van der Waals surface area contributed by atoms with Crippen LogP contribution in [0.2, 0.25) is 0 Å². The molecule has 0 bridgehead atoms. The summed E-state index contributed by atoms with van der Waals surface area (Å²) in [6.07, 6.45) is 0.872. The molecule has 0 aromatic heterocycles. The van der Waals surface area contributed by atoms with Crippen molar-refractivity contribution in [1.29, 1.82) is 0 Å². The van der Waals surface area contributed by atoms with Crippen LogP contribution in [0.3, 0.4) is 0 Å². The van der Waals surface area contributed by atoms with Gasteiger partial charge in [-0.3, -0.25) is 0 Å². The summed E-state index contributed by atoms with van der Waals surface area (Å²) in [5, 5.41) is 8.90. The van der Waals surface area contributed by atoms with E-state index in [1.54, 1.807) is 0 Å². The molecule has 0 spiro atoms. The Morgan fingerprint density at radius 1 is 1.12 bits per heavy atom. The number of nitrogens with two attached hydrogens (primary N) is 1. The zero-order chi connectivity index (χ0) is 12.6. The molecule has 16 heavy (non-hydrogen) atoms. The lowest BCUT2D eigenvalue weighted by Crippen LogP contribution is -2.38. The van der Waals surface area contributed by atoms with Gasteiger partial charge in [0.1, 0.15) is 0 Å². The van der Waals surface area contributed by atoms with Gasteiger partial charge < -0.3 is 20.6 Å². The normalized spacial score (nSPS) is 14.1. The first-order chi connectivity index (χ1) is 7.45. The minimum Gasteiger partial charge on any atom is -0.395 e. The number of likely N-dealkylation sites (N-methyl/N-ethyl adjacent to an activating group) is 1. The summed E-state index contributed by atoms with van der Waals surface area (Å²) in [5.74, 6) is 0.674. The van der Waals surface area contributed by atoms with E-state index in [0.717, 1.165) is 32.6 Å². The fourth-order valence-corrected chi connectivity index (χ4v) is 1.59. The first-order valence-electron chi connectivity index (χ1n) is 6.19. The molecule has 1 unspecified atom stereocenters. The van der Waals surface area contributed by atoms with E-state index < -0.39 is 0 Å². The van der Waals surface area contributed by atoms with E-state index in [9.17, 15) is 0 Å². The van der Waals surface area contributed by atoms with Crippen molar-refractivity contribution in [2.45, 2.75) is 26.3 Å². The highest BCUT2D eigenvalue weighted by molar-refractivity contribution is 4.66. The van der Waals surface area contributed by atoms with E-state index in [2.05, 4.69) is 37.7 Å². The van der Waals surface area contributed by atoms with Crippen molar-refractivity contribution in [1.82, 2.24) is 9.80 Å². The summed E-state index contributed by atoms with van der Waals surface area (Å²) in [6, 6.07) is -0.0750. The van der Waals surface area contributed by atoms with Crippen LogP contribution in [-0.4, -0.2) is 67.8 Å². The number of nitrogens with zero attached hydrogens (tertiary/aromatic N) is 2.